The maximum atomic E-state index is 12.3. The van der Waals surface area contributed by atoms with Gasteiger partial charge >= 0.3 is 0 Å². The molecule has 0 atom stereocenters. The van der Waals surface area contributed by atoms with Crippen LogP contribution in [-0.4, -0.2) is 23.0 Å². The van der Waals surface area contributed by atoms with E-state index in [0.29, 0.717) is 17.8 Å². The Labute approximate surface area is 116 Å². The van der Waals surface area contributed by atoms with Gasteiger partial charge in [0.2, 0.25) is 0 Å². The molecule has 3 N–H and O–H groups in total. The molecule has 4 nitrogen and oxygen atoms in total. The smallest absolute Gasteiger partial charge is 0.256 e. The predicted molar refractivity (Wildman–Crippen MR) is 77.4 cm³/mol. The van der Waals surface area contributed by atoms with Crippen LogP contribution in [0.3, 0.4) is 0 Å². The molecular formula is C14H16N2O2S. The summed E-state index contributed by atoms with van der Waals surface area (Å²) >= 11 is 1.62. The second-order valence-corrected chi connectivity index (χ2v) is 5.46. The van der Waals surface area contributed by atoms with Gasteiger partial charge in [-0.2, -0.15) is 0 Å². The normalized spacial score (nSPS) is 10.4. The summed E-state index contributed by atoms with van der Waals surface area (Å²) in [5.74, 6) is -0.153. The summed E-state index contributed by atoms with van der Waals surface area (Å²) in [5, 5.41) is 11.5. The first-order valence-corrected chi connectivity index (χ1v) is 6.74. The molecular weight excluding hydrogens is 260 g/mol. The first kappa shape index (κ1) is 13.4. The first-order chi connectivity index (χ1) is 8.99. The van der Waals surface area contributed by atoms with Crippen molar-refractivity contribution in [1.82, 2.24) is 4.90 Å². The van der Waals surface area contributed by atoms with E-state index in [1.165, 1.54) is 23.8 Å². The lowest BCUT2D eigenvalue weighted by molar-refractivity contribution is 0.0787. The molecule has 100 valence electrons. The molecule has 2 rings (SSSR count). The number of carbonyl (C=O) groups is 1. The average molecular weight is 276 g/mol. The third-order valence-electron chi connectivity index (χ3n) is 2.96. The zero-order valence-corrected chi connectivity index (χ0v) is 11.7. The quantitative estimate of drug-likeness (QED) is 0.669. The van der Waals surface area contributed by atoms with Crippen LogP contribution in [0.15, 0.2) is 29.6 Å². The Kier molecular flexibility index (Phi) is 3.76. The molecule has 19 heavy (non-hydrogen) atoms. The molecule has 1 aromatic carbocycles. The minimum Gasteiger partial charge on any atom is -0.508 e. The average Bonchev–Trinajstić information content (AvgIpc) is 2.77. The zero-order valence-electron chi connectivity index (χ0n) is 10.9. The number of benzene rings is 1. The molecule has 0 aliphatic heterocycles. The van der Waals surface area contributed by atoms with Crippen molar-refractivity contribution in [2.75, 3.05) is 12.8 Å². The lowest BCUT2D eigenvalue weighted by Gasteiger charge is -2.18. The van der Waals surface area contributed by atoms with E-state index >= 15 is 0 Å². The van der Waals surface area contributed by atoms with Crippen molar-refractivity contribution in [3.8, 4) is 5.75 Å². The van der Waals surface area contributed by atoms with Gasteiger partial charge in [-0.1, -0.05) is 0 Å². The molecule has 1 heterocycles. The number of aromatic hydroxyl groups is 1. The SMILES string of the molecule is Cc1ccsc1CN(C)C(=O)c1cc(O)ccc1N. The van der Waals surface area contributed by atoms with Crippen LogP contribution in [0, 0.1) is 6.92 Å². The number of phenolic OH excluding ortho intramolecular Hbond substituents is 1. The minimum absolute atomic E-state index is 0.0401. The zero-order chi connectivity index (χ0) is 14.0. The Morgan fingerprint density at radius 2 is 2.16 bits per heavy atom. The maximum absolute atomic E-state index is 12.3. The Morgan fingerprint density at radius 3 is 2.79 bits per heavy atom. The van der Waals surface area contributed by atoms with Gasteiger partial charge in [0.15, 0.2) is 0 Å². The van der Waals surface area contributed by atoms with Crippen LogP contribution in [0.1, 0.15) is 20.8 Å². The summed E-state index contributed by atoms with van der Waals surface area (Å²) in [4.78, 5) is 15.0. The predicted octanol–water partition coefficient (Wildman–Crippen LogP) is 2.62. The van der Waals surface area contributed by atoms with Gasteiger partial charge in [-0.05, 0) is 42.1 Å². The summed E-state index contributed by atoms with van der Waals surface area (Å²) < 4.78 is 0. The van der Waals surface area contributed by atoms with Crippen molar-refractivity contribution in [3.63, 3.8) is 0 Å². The van der Waals surface area contributed by atoms with Gasteiger partial charge in [0.25, 0.3) is 5.91 Å². The number of rotatable bonds is 3. The Morgan fingerprint density at radius 1 is 1.42 bits per heavy atom. The number of carbonyl (C=O) groups excluding carboxylic acids is 1. The highest BCUT2D eigenvalue weighted by Gasteiger charge is 2.16. The van der Waals surface area contributed by atoms with Gasteiger partial charge in [-0.25, -0.2) is 0 Å². The number of thiophene rings is 1. The molecule has 0 saturated carbocycles. The lowest BCUT2D eigenvalue weighted by atomic mass is 10.1. The highest BCUT2D eigenvalue weighted by molar-refractivity contribution is 7.10. The molecule has 1 aromatic heterocycles. The summed E-state index contributed by atoms with van der Waals surface area (Å²) in [6.45, 7) is 2.56. The lowest BCUT2D eigenvalue weighted by Crippen LogP contribution is -2.26. The van der Waals surface area contributed by atoms with E-state index in [0.717, 1.165) is 4.88 Å². The Hall–Kier alpha value is -2.01. The molecule has 2 aromatic rings. The summed E-state index contributed by atoms with van der Waals surface area (Å²) in [6, 6.07) is 6.43. The number of anilines is 1. The highest BCUT2D eigenvalue weighted by Crippen LogP contribution is 2.22. The van der Waals surface area contributed by atoms with Crippen molar-refractivity contribution in [3.05, 3.63) is 45.6 Å². The van der Waals surface area contributed by atoms with Crippen LogP contribution in [0.2, 0.25) is 0 Å². The molecule has 0 bridgehead atoms. The first-order valence-electron chi connectivity index (χ1n) is 5.86. The molecule has 5 heteroatoms. The third-order valence-corrected chi connectivity index (χ3v) is 3.97. The van der Waals surface area contributed by atoms with E-state index < -0.39 is 0 Å². The second-order valence-electron chi connectivity index (χ2n) is 4.46. The number of aryl methyl sites for hydroxylation is 1. The summed E-state index contributed by atoms with van der Waals surface area (Å²) in [5.41, 5.74) is 7.65. The highest BCUT2D eigenvalue weighted by atomic mass is 32.1. The molecule has 0 spiro atoms. The van der Waals surface area contributed by atoms with Gasteiger partial charge in [-0.3, -0.25) is 4.79 Å². The topological polar surface area (TPSA) is 66.6 Å². The maximum Gasteiger partial charge on any atom is 0.256 e. The van der Waals surface area contributed by atoms with E-state index in [-0.39, 0.29) is 11.7 Å². The van der Waals surface area contributed by atoms with Crippen molar-refractivity contribution in [2.24, 2.45) is 0 Å². The fraction of sp³-hybridized carbons (Fsp3) is 0.214. The fourth-order valence-electron chi connectivity index (χ4n) is 1.79. The van der Waals surface area contributed by atoms with Crippen LogP contribution in [-0.2, 0) is 6.54 Å². The van der Waals surface area contributed by atoms with Crippen LogP contribution in [0.25, 0.3) is 0 Å². The monoisotopic (exact) mass is 276 g/mol. The number of nitrogens with zero attached hydrogens (tertiary/aromatic N) is 1. The third kappa shape index (κ3) is 2.88. The van der Waals surface area contributed by atoms with E-state index in [2.05, 4.69) is 0 Å². The van der Waals surface area contributed by atoms with Gasteiger partial charge < -0.3 is 15.7 Å². The number of phenols is 1. The van der Waals surface area contributed by atoms with Gasteiger partial charge in [0, 0.05) is 17.6 Å². The second kappa shape index (κ2) is 5.32. The summed E-state index contributed by atoms with van der Waals surface area (Å²) in [7, 11) is 1.73. The number of hydrogen-bond donors (Lipinski definition) is 2. The molecule has 0 radical (unpaired) electrons. The number of nitrogen functional groups attached to an aromatic ring is 1. The molecule has 0 aliphatic carbocycles. The van der Waals surface area contributed by atoms with Gasteiger partial charge in [0.05, 0.1) is 12.1 Å². The number of nitrogens with two attached hydrogens (primary N) is 1. The molecule has 0 aliphatic rings. The van der Waals surface area contributed by atoms with E-state index in [9.17, 15) is 9.90 Å². The number of amides is 1. The van der Waals surface area contributed by atoms with Gasteiger partial charge in [-0.15, -0.1) is 11.3 Å². The molecule has 0 saturated heterocycles. The van der Waals surface area contributed by atoms with Crippen LogP contribution in [0.5, 0.6) is 5.75 Å². The standard InChI is InChI=1S/C14H16N2O2S/c1-9-5-6-19-13(9)8-16(2)14(18)11-7-10(17)3-4-12(11)15/h3-7,17H,8,15H2,1-2H3. The fourth-order valence-corrected chi connectivity index (χ4v) is 2.75. The van der Waals surface area contributed by atoms with Crippen molar-refractivity contribution < 1.29 is 9.90 Å². The van der Waals surface area contributed by atoms with Gasteiger partial charge in [0.1, 0.15) is 5.75 Å². The van der Waals surface area contributed by atoms with E-state index in [1.54, 1.807) is 23.3 Å². The van der Waals surface area contributed by atoms with Crippen molar-refractivity contribution in [1.29, 1.82) is 0 Å². The Bertz CT molecular complexity index is 607. The minimum atomic E-state index is -0.193. The largest absolute Gasteiger partial charge is 0.508 e. The van der Waals surface area contributed by atoms with E-state index in [4.69, 9.17) is 5.73 Å². The molecule has 0 unspecified atom stereocenters. The molecule has 1 amide bonds. The van der Waals surface area contributed by atoms with E-state index in [1.807, 2.05) is 18.4 Å². The van der Waals surface area contributed by atoms with Crippen LogP contribution < -0.4 is 5.73 Å². The number of hydrogen-bond acceptors (Lipinski definition) is 4. The van der Waals surface area contributed by atoms with Crippen molar-refractivity contribution >= 4 is 22.9 Å². The Balaban J connectivity index is 2.19. The molecule has 0 fully saturated rings. The van der Waals surface area contributed by atoms with Crippen LogP contribution >= 0.6 is 11.3 Å². The summed E-state index contributed by atoms with van der Waals surface area (Å²) in [6.07, 6.45) is 0. The van der Waals surface area contributed by atoms with Crippen molar-refractivity contribution in [2.45, 2.75) is 13.5 Å². The van der Waals surface area contributed by atoms with Crippen LogP contribution in [0.4, 0.5) is 5.69 Å².